The Bertz CT molecular complexity index is 537. The highest BCUT2D eigenvalue weighted by molar-refractivity contribution is 5.78. The van der Waals surface area contributed by atoms with Gasteiger partial charge in [0.25, 0.3) is 0 Å². The van der Waals surface area contributed by atoms with Gasteiger partial charge in [0.15, 0.2) is 0 Å². The minimum Gasteiger partial charge on any atom is -0.481 e. The smallest absolute Gasteiger partial charge is 0.303 e. The second-order valence-electron chi connectivity index (χ2n) is 8.17. The number of hydrogen-bond acceptors (Lipinski definition) is 6. The van der Waals surface area contributed by atoms with E-state index in [0.717, 1.165) is 52.1 Å². The number of amides is 2. The lowest BCUT2D eigenvalue weighted by molar-refractivity contribution is -0.137. The Morgan fingerprint density at radius 3 is 2.28 bits per heavy atom. The Hall–Kier alpha value is -1.71. The largest absolute Gasteiger partial charge is 0.481 e. The van der Waals surface area contributed by atoms with Crippen LogP contribution in [-0.4, -0.2) is 110 Å². The zero-order valence-corrected chi connectivity index (χ0v) is 17.7. The van der Waals surface area contributed by atoms with Crippen LogP contribution in [0.25, 0.3) is 0 Å². The minimum absolute atomic E-state index is 0.0251. The summed E-state index contributed by atoms with van der Waals surface area (Å²) in [5.74, 6) is -0.931. The van der Waals surface area contributed by atoms with Gasteiger partial charge >= 0.3 is 5.97 Å². The zero-order chi connectivity index (χ0) is 21.1. The molecular weight excluding hydrogens is 388 g/mol. The van der Waals surface area contributed by atoms with E-state index in [2.05, 4.69) is 32.4 Å². The van der Waals surface area contributed by atoms with Gasteiger partial charge in [-0.05, 0) is 39.3 Å². The average molecular weight is 425 g/mol. The van der Waals surface area contributed by atoms with E-state index < -0.39 is 5.97 Å². The van der Waals surface area contributed by atoms with Gasteiger partial charge in [-0.15, -0.1) is 0 Å². The van der Waals surface area contributed by atoms with Gasteiger partial charge < -0.3 is 20.6 Å². The number of aliphatic carboxylic acids is 1. The highest BCUT2D eigenvalue weighted by Gasteiger charge is 2.28. The molecule has 0 bridgehead atoms. The molecule has 2 saturated heterocycles. The number of carboxylic acids is 1. The van der Waals surface area contributed by atoms with Crippen LogP contribution in [0.15, 0.2) is 0 Å². The van der Waals surface area contributed by atoms with Crippen molar-refractivity contribution in [2.45, 2.75) is 44.6 Å². The number of carboxylic acid groups (broad SMARTS) is 1. The lowest BCUT2D eigenvalue weighted by Crippen LogP contribution is -2.50. The molecule has 0 aromatic carbocycles. The second kappa shape index (κ2) is 12.8. The van der Waals surface area contributed by atoms with Gasteiger partial charge in [0.05, 0.1) is 6.54 Å². The van der Waals surface area contributed by atoms with Crippen LogP contribution < -0.4 is 10.6 Å². The molecule has 2 aliphatic rings. The summed E-state index contributed by atoms with van der Waals surface area (Å²) >= 11 is 0. The second-order valence-corrected chi connectivity index (χ2v) is 8.17. The Morgan fingerprint density at radius 2 is 1.59 bits per heavy atom. The molecule has 1 atom stereocenters. The van der Waals surface area contributed by atoms with E-state index in [0.29, 0.717) is 44.9 Å². The van der Waals surface area contributed by atoms with Gasteiger partial charge in [-0.25, -0.2) is 0 Å². The first-order valence-corrected chi connectivity index (χ1v) is 10.8. The van der Waals surface area contributed by atoms with E-state index in [1.807, 2.05) is 0 Å². The van der Waals surface area contributed by atoms with E-state index in [1.54, 1.807) is 0 Å². The highest BCUT2D eigenvalue weighted by Crippen LogP contribution is 2.18. The molecule has 2 aliphatic heterocycles. The van der Waals surface area contributed by atoms with Crippen molar-refractivity contribution >= 4 is 17.8 Å². The molecule has 3 N–H and O–H groups in total. The van der Waals surface area contributed by atoms with Crippen LogP contribution in [0.5, 0.6) is 0 Å². The maximum Gasteiger partial charge on any atom is 0.303 e. The number of piperazine rings is 1. The first-order valence-electron chi connectivity index (χ1n) is 10.8. The molecule has 2 fully saturated rings. The monoisotopic (exact) mass is 425 g/mol. The summed E-state index contributed by atoms with van der Waals surface area (Å²) in [5.41, 5.74) is 0. The van der Waals surface area contributed by atoms with Crippen molar-refractivity contribution in [3.8, 4) is 0 Å². The predicted octanol–water partition coefficient (Wildman–Crippen LogP) is -0.424. The van der Waals surface area contributed by atoms with Gasteiger partial charge in [-0.2, -0.15) is 0 Å². The van der Waals surface area contributed by atoms with Gasteiger partial charge in [-0.1, -0.05) is 0 Å². The molecule has 9 nitrogen and oxygen atoms in total. The molecule has 2 amide bonds. The number of carbonyl (C=O) groups excluding carboxylic acids is 2. The third-order valence-electron chi connectivity index (χ3n) is 5.70. The molecule has 0 aromatic heterocycles. The minimum atomic E-state index is -0.856. The summed E-state index contributed by atoms with van der Waals surface area (Å²) in [5, 5.41) is 14.2. The van der Waals surface area contributed by atoms with Crippen LogP contribution in [0.3, 0.4) is 0 Å². The lowest BCUT2D eigenvalue weighted by Gasteiger charge is -2.36. The Kier molecular flexibility index (Phi) is 10.4. The summed E-state index contributed by atoms with van der Waals surface area (Å²) < 4.78 is 0. The van der Waals surface area contributed by atoms with Gasteiger partial charge in [0.1, 0.15) is 0 Å². The number of nitrogens with one attached hydrogen (secondary N) is 2. The first kappa shape index (κ1) is 23.6. The number of nitrogens with zero attached hydrogens (tertiary/aromatic N) is 3. The fourth-order valence-electron chi connectivity index (χ4n) is 3.91. The maximum absolute atomic E-state index is 12.3. The van der Waals surface area contributed by atoms with Crippen molar-refractivity contribution in [2.24, 2.45) is 0 Å². The normalized spacial score (nSPS) is 21.2. The third-order valence-corrected chi connectivity index (χ3v) is 5.70. The molecule has 29 heavy (non-hydrogen) atoms. The summed E-state index contributed by atoms with van der Waals surface area (Å²) in [7, 11) is 2.16. The molecule has 0 radical (unpaired) electrons. The molecule has 9 heteroatoms. The third kappa shape index (κ3) is 9.56. The molecule has 0 aromatic rings. The van der Waals surface area contributed by atoms with Crippen LogP contribution in [0, 0.1) is 0 Å². The van der Waals surface area contributed by atoms with Gasteiger partial charge in [-0.3, -0.25) is 24.2 Å². The molecule has 0 spiro atoms. The van der Waals surface area contributed by atoms with Crippen molar-refractivity contribution in [2.75, 3.05) is 66.0 Å². The van der Waals surface area contributed by atoms with Crippen molar-refractivity contribution in [1.82, 2.24) is 25.3 Å². The topological polar surface area (TPSA) is 105 Å². The quantitative estimate of drug-likeness (QED) is 0.222. The van der Waals surface area contributed by atoms with Crippen LogP contribution >= 0.6 is 0 Å². The highest BCUT2D eigenvalue weighted by atomic mass is 16.4. The maximum atomic E-state index is 12.3. The molecule has 1 unspecified atom stereocenters. The summed E-state index contributed by atoms with van der Waals surface area (Å²) in [6.45, 7) is 7.74. The van der Waals surface area contributed by atoms with Crippen molar-refractivity contribution < 1.29 is 19.5 Å². The molecular formula is C20H37N5O4. The van der Waals surface area contributed by atoms with E-state index in [9.17, 15) is 14.4 Å². The van der Waals surface area contributed by atoms with E-state index in [1.165, 1.54) is 0 Å². The summed E-state index contributed by atoms with van der Waals surface area (Å²) in [6, 6.07) is 0.459. The van der Waals surface area contributed by atoms with Crippen LogP contribution in [0.4, 0.5) is 0 Å². The molecule has 2 rings (SSSR count). The predicted molar refractivity (Wildman–Crippen MR) is 111 cm³/mol. The van der Waals surface area contributed by atoms with E-state index >= 15 is 0 Å². The zero-order valence-electron chi connectivity index (χ0n) is 17.7. The number of hydrogen-bond donors (Lipinski definition) is 3. The number of likely N-dealkylation sites (N-methyl/N-ethyl adjacent to an activating group) is 1. The number of carbonyl (C=O) groups is 3. The fourth-order valence-corrected chi connectivity index (χ4v) is 3.91. The summed E-state index contributed by atoms with van der Waals surface area (Å²) in [4.78, 5) is 41.5. The SMILES string of the molecule is [13CH3][15N]1[13CH2][13CH2][15N]([13CH2][13CH]2[13CH2][13CH2][13CH2][15N]2[13CH2]C(=O)NCCCC(=O)NCCCC(=O)O)[13CH2][13CH2]1. The molecule has 2 heterocycles. The Labute approximate surface area is 173 Å². The fraction of sp³-hybridized carbons (Fsp3) is 0.850. The van der Waals surface area contributed by atoms with Gasteiger partial charge in [0, 0.05) is 64.7 Å². The first-order chi connectivity index (χ1) is 13.9. The molecule has 0 aliphatic carbocycles. The van der Waals surface area contributed by atoms with Gasteiger partial charge in [0.2, 0.25) is 11.8 Å². The van der Waals surface area contributed by atoms with E-state index in [4.69, 9.17) is 5.11 Å². The average Bonchev–Trinajstić information content (AvgIpc) is 3.10. The van der Waals surface area contributed by atoms with Crippen molar-refractivity contribution in [3.63, 3.8) is 0 Å². The van der Waals surface area contributed by atoms with Crippen molar-refractivity contribution in [3.05, 3.63) is 0 Å². The molecule has 0 saturated carbocycles. The van der Waals surface area contributed by atoms with Crippen LogP contribution in [-0.2, 0) is 14.4 Å². The standard InChI is InChI=1S/C20H37N5O4/c1-23-11-13-24(14-12-23)15-17-5-4-10-25(17)16-19(27)22-8-2-6-18(26)21-9-3-7-20(28)29/h17H,2-16H2,1H3,(H,21,26)(H,22,27)(H,28,29)/i1+1,4+1,5+1,10+1,11+1,12+1,13+1,14+1,15+1,16+1,17+1,23+1,24+1,25+1. The van der Waals surface area contributed by atoms with Crippen LogP contribution in [0.1, 0.15) is 38.5 Å². The van der Waals surface area contributed by atoms with Crippen molar-refractivity contribution in [1.29, 1.82) is 0 Å². The number of likely N-dealkylation sites (tertiary alicyclic amines) is 1. The summed E-state index contributed by atoms with van der Waals surface area (Å²) in [6.07, 6.45) is 3.71. The molecule has 166 valence electrons. The number of rotatable bonds is 12. The lowest BCUT2D eigenvalue weighted by atomic mass is 10.2. The Balaban J connectivity index is 1.55. The van der Waals surface area contributed by atoms with Crippen LogP contribution in [0.2, 0.25) is 0 Å². The van der Waals surface area contributed by atoms with E-state index in [-0.39, 0.29) is 18.2 Å². The Morgan fingerprint density at radius 1 is 0.931 bits per heavy atom.